The van der Waals surface area contributed by atoms with Crippen LogP contribution in [0.3, 0.4) is 0 Å². The van der Waals surface area contributed by atoms with Gasteiger partial charge in [0.15, 0.2) is 0 Å². The maximum absolute atomic E-state index is 6.15. The molecule has 0 radical (unpaired) electrons. The van der Waals surface area contributed by atoms with Crippen LogP contribution in [0.15, 0.2) is 0 Å². The van der Waals surface area contributed by atoms with E-state index in [0.717, 1.165) is 26.1 Å². The molecule has 1 rings (SSSR count). The predicted octanol–water partition coefficient (Wildman–Crippen LogP) is 2.25. The molecule has 102 valence electrons. The molecule has 1 saturated carbocycles. The normalized spacial score (nSPS) is 28.6. The summed E-state index contributed by atoms with van der Waals surface area (Å²) in [6, 6.07) is 0. The van der Waals surface area contributed by atoms with Crippen molar-refractivity contribution in [3.63, 3.8) is 0 Å². The Morgan fingerprint density at radius 1 is 1.24 bits per heavy atom. The minimum absolute atomic E-state index is 0.180. The van der Waals surface area contributed by atoms with E-state index in [1.54, 1.807) is 7.11 Å². The van der Waals surface area contributed by atoms with E-state index in [9.17, 15) is 0 Å². The van der Waals surface area contributed by atoms with Gasteiger partial charge in [0, 0.05) is 32.3 Å². The predicted molar refractivity (Wildman–Crippen MR) is 73.2 cm³/mol. The van der Waals surface area contributed by atoms with E-state index in [4.69, 9.17) is 10.5 Å². The van der Waals surface area contributed by atoms with Crippen LogP contribution >= 0.6 is 0 Å². The van der Waals surface area contributed by atoms with Gasteiger partial charge in [-0.1, -0.05) is 26.7 Å². The molecule has 1 atom stereocenters. The second-order valence-electron chi connectivity index (χ2n) is 6.09. The second kappa shape index (κ2) is 6.17. The lowest BCUT2D eigenvalue weighted by molar-refractivity contribution is -0.0314. The van der Waals surface area contributed by atoms with Crippen molar-refractivity contribution in [1.82, 2.24) is 4.90 Å². The number of hydrogen-bond donors (Lipinski definition) is 1. The van der Waals surface area contributed by atoms with Crippen LogP contribution in [0.5, 0.6) is 0 Å². The van der Waals surface area contributed by atoms with E-state index in [1.807, 2.05) is 0 Å². The van der Waals surface area contributed by atoms with Gasteiger partial charge in [-0.2, -0.15) is 0 Å². The first-order valence-corrected chi connectivity index (χ1v) is 6.90. The Balaban J connectivity index is 2.71. The quantitative estimate of drug-likeness (QED) is 0.726. The molecule has 17 heavy (non-hydrogen) atoms. The zero-order valence-corrected chi connectivity index (χ0v) is 12.1. The van der Waals surface area contributed by atoms with Gasteiger partial charge in [-0.15, -0.1) is 0 Å². The van der Waals surface area contributed by atoms with E-state index < -0.39 is 0 Å². The van der Waals surface area contributed by atoms with Gasteiger partial charge in [0.2, 0.25) is 0 Å². The van der Waals surface area contributed by atoms with Crippen LogP contribution in [0, 0.1) is 5.41 Å². The van der Waals surface area contributed by atoms with Crippen molar-refractivity contribution in [1.29, 1.82) is 0 Å². The fourth-order valence-electron chi connectivity index (χ4n) is 3.46. The van der Waals surface area contributed by atoms with Gasteiger partial charge in [-0.25, -0.2) is 0 Å². The fourth-order valence-corrected chi connectivity index (χ4v) is 3.46. The van der Waals surface area contributed by atoms with E-state index in [0.29, 0.717) is 5.41 Å². The summed E-state index contributed by atoms with van der Waals surface area (Å²) in [6.07, 6.45) is 6.28. The third-order valence-electron chi connectivity index (χ3n) is 4.81. The Kier molecular flexibility index (Phi) is 5.42. The Morgan fingerprint density at radius 2 is 1.88 bits per heavy atom. The van der Waals surface area contributed by atoms with Crippen LogP contribution in [0.1, 0.15) is 46.0 Å². The van der Waals surface area contributed by atoms with Crippen molar-refractivity contribution in [2.75, 3.05) is 33.9 Å². The average molecular weight is 242 g/mol. The first kappa shape index (κ1) is 14.9. The fraction of sp³-hybridized carbons (Fsp3) is 1.00. The molecule has 0 amide bonds. The number of hydrogen-bond acceptors (Lipinski definition) is 3. The molecule has 0 saturated heterocycles. The zero-order chi connectivity index (χ0) is 12.9. The minimum atomic E-state index is 0.180. The van der Waals surface area contributed by atoms with Crippen LogP contribution in [0.2, 0.25) is 0 Å². The highest BCUT2D eigenvalue weighted by Gasteiger charge is 2.47. The Hall–Kier alpha value is -0.120. The highest BCUT2D eigenvalue weighted by atomic mass is 16.5. The number of nitrogens with two attached hydrogens (primary N) is 1. The van der Waals surface area contributed by atoms with Gasteiger partial charge in [0.1, 0.15) is 0 Å². The topological polar surface area (TPSA) is 38.5 Å². The van der Waals surface area contributed by atoms with Gasteiger partial charge in [0.05, 0.1) is 0 Å². The highest BCUT2D eigenvalue weighted by molar-refractivity contribution is 5.04. The van der Waals surface area contributed by atoms with Crippen LogP contribution in [-0.4, -0.2) is 44.3 Å². The molecule has 0 aromatic carbocycles. The lowest BCUT2D eigenvalue weighted by Gasteiger charge is -2.55. The number of nitrogens with zero attached hydrogens (tertiary/aromatic N) is 1. The van der Waals surface area contributed by atoms with Crippen LogP contribution in [0.25, 0.3) is 0 Å². The second-order valence-corrected chi connectivity index (χ2v) is 6.09. The summed E-state index contributed by atoms with van der Waals surface area (Å²) < 4.78 is 5.14. The highest BCUT2D eigenvalue weighted by Crippen LogP contribution is 2.46. The van der Waals surface area contributed by atoms with Crippen molar-refractivity contribution >= 4 is 0 Å². The molecule has 0 bridgehead atoms. The Morgan fingerprint density at radius 3 is 2.41 bits per heavy atom. The third kappa shape index (κ3) is 3.01. The molecule has 0 aliphatic heterocycles. The van der Waals surface area contributed by atoms with Crippen molar-refractivity contribution in [2.24, 2.45) is 11.1 Å². The molecule has 3 heteroatoms. The molecular weight excluding hydrogens is 212 g/mol. The zero-order valence-electron chi connectivity index (χ0n) is 12.1. The van der Waals surface area contributed by atoms with Crippen molar-refractivity contribution in [3.8, 4) is 0 Å². The van der Waals surface area contributed by atoms with Gasteiger partial charge in [0.25, 0.3) is 0 Å². The summed E-state index contributed by atoms with van der Waals surface area (Å²) in [4.78, 5) is 2.49. The van der Waals surface area contributed by atoms with E-state index in [2.05, 4.69) is 25.8 Å². The number of methoxy groups -OCH3 is 1. The lowest BCUT2D eigenvalue weighted by atomic mass is 9.62. The summed E-state index contributed by atoms with van der Waals surface area (Å²) in [7, 11) is 4.00. The van der Waals surface area contributed by atoms with Crippen molar-refractivity contribution < 1.29 is 4.74 Å². The van der Waals surface area contributed by atoms with Crippen LogP contribution < -0.4 is 5.73 Å². The molecule has 1 unspecified atom stereocenters. The van der Waals surface area contributed by atoms with E-state index in [-0.39, 0.29) is 5.54 Å². The van der Waals surface area contributed by atoms with Crippen LogP contribution in [-0.2, 0) is 4.74 Å². The average Bonchev–Trinajstić information content (AvgIpc) is 2.29. The molecule has 3 nitrogen and oxygen atoms in total. The Bertz CT molecular complexity index is 230. The summed E-state index contributed by atoms with van der Waals surface area (Å²) >= 11 is 0. The standard InChI is InChI=1S/C14H30N2O/c1-13(2)8-5-6-9-14(13,12-15)16(3)10-7-11-17-4/h5-12,15H2,1-4H3. The lowest BCUT2D eigenvalue weighted by Crippen LogP contribution is -2.62. The molecule has 0 aromatic heterocycles. The minimum Gasteiger partial charge on any atom is -0.385 e. The van der Waals surface area contributed by atoms with E-state index >= 15 is 0 Å². The molecule has 2 N–H and O–H groups in total. The monoisotopic (exact) mass is 242 g/mol. The third-order valence-corrected chi connectivity index (χ3v) is 4.81. The summed E-state index contributed by atoms with van der Waals surface area (Å²) in [6.45, 7) is 7.45. The maximum Gasteiger partial charge on any atom is 0.0474 e. The van der Waals surface area contributed by atoms with Gasteiger partial charge in [-0.3, -0.25) is 4.90 Å². The molecule has 0 aromatic rings. The first-order valence-electron chi connectivity index (χ1n) is 6.90. The summed E-state index contributed by atoms with van der Waals surface area (Å²) in [5.74, 6) is 0. The number of rotatable bonds is 6. The SMILES string of the molecule is COCCCN(C)C1(CN)CCCCC1(C)C. The molecule has 1 aliphatic rings. The smallest absolute Gasteiger partial charge is 0.0474 e. The largest absolute Gasteiger partial charge is 0.385 e. The van der Waals surface area contributed by atoms with Gasteiger partial charge >= 0.3 is 0 Å². The molecule has 1 fully saturated rings. The number of ether oxygens (including phenoxy) is 1. The van der Waals surface area contributed by atoms with E-state index in [1.165, 1.54) is 25.7 Å². The molecule has 0 spiro atoms. The van der Waals surface area contributed by atoms with Gasteiger partial charge < -0.3 is 10.5 Å². The molecular formula is C14H30N2O. The first-order chi connectivity index (χ1) is 8.00. The Labute approximate surface area is 107 Å². The van der Waals surface area contributed by atoms with Gasteiger partial charge in [-0.05, 0) is 31.7 Å². The molecule has 0 heterocycles. The maximum atomic E-state index is 6.15. The summed E-state index contributed by atoms with van der Waals surface area (Å²) in [5.41, 5.74) is 6.65. The van der Waals surface area contributed by atoms with Crippen LogP contribution in [0.4, 0.5) is 0 Å². The molecule has 1 aliphatic carbocycles. The summed E-state index contributed by atoms with van der Waals surface area (Å²) in [5, 5.41) is 0. The number of likely N-dealkylation sites (N-methyl/N-ethyl adjacent to an activating group) is 1. The van der Waals surface area contributed by atoms with Crippen molar-refractivity contribution in [2.45, 2.75) is 51.5 Å². The van der Waals surface area contributed by atoms with Crippen molar-refractivity contribution in [3.05, 3.63) is 0 Å².